The van der Waals surface area contributed by atoms with Crippen molar-refractivity contribution in [3.05, 3.63) is 0 Å². The van der Waals surface area contributed by atoms with E-state index in [1.807, 2.05) is 6.92 Å². The molecule has 1 fully saturated rings. The van der Waals surface area contributed by atoms with Crippen molar-refractivity contribution in [1.29, 1.82) is 0 Å². The van der Waals surface area contributed by atoms with E-state index in [2.05, 4.69) is 0 Å². The molecule has 0 bridgehead atoms. The average Bonchev–Trinajstić information content (AvgIpc) is 2.70. The second-order valence-corrected chi connectivity index (χ2v) is 4.88. The lowest BCUT2D eigenvalue weighted by Gasteiger charge is -2.24. The molecule has 1 aliphatic heterocycles. The van der Waals surface area contributed by atoms with E-state index in [1.54, 1.807) is 24.0 Å². The van der Waals surface area contributed by atoms with E-state index in [1.165, 1.54) is 0 Å². The number of urea groups is 1. The van der Waals surface area contributed by atoms with E-state index >= 15 is 0 Å². The van der Waals surface area contributed by atoms with Crippen LogP contribution in [0.15, 0.2) is 0 Å². The van der Waals surface area contributed by atoms with E-state index in [0.717, 1.165) is 6.42 Å². The zero-order valence-electron chi connectivity index (χ0n) is 11.3. The van der Waals surface area contributed by atoms with E-state index < -0.39 is 11.9 Å². The molecule has 1 saturated heterocycles. The van der Waals surface area contributed by atoms with Crippen molar-refractivity contribution >= 4 is 12.0 Å². The van der Waals surface area contributed by atoms with Gasteiger partial charge in [0.25, 0.3) is 0 Å². The zero-order chi connectivity index (χ0) is 13.7. The number of likely N-dealkylation sites (tertiary alicyclic amines) is 1. The van der Waals surface area contributed by atoms with Gasteiger partial charge in [0.05, 0.1) is 5.92 Å². The normalized spacial score (nSPS) is 23.2. The maximum Gasteiger partial charge on any atom is 0.319 e. The molecule has 2 amide bonds. The Labute approximate surface area is 107 Å². The number of methoxy groups -OCH3 is 1. The molecule has 1 heterocycles. The highest BCUT2D eigenvalue weighted by atomic mass is 16.5. The number of rotatable bonds is 5. The Morgan fingerprint density at radius 2 is 2.11 bits per heavy atom. The van der Waals surface area contributed by atoms with Crippen LogP contribution in [0.1, 0.15) is 13.3 Å². The predicted molar refractivity (Wildman–Crippen MR) is 66.4 cm³/mol. The maximum atomic E-state index is 12.1. The Morgan fingerprint density at radius 3 is 2.61 bits per heavy atom. The van der Waals surface area contributed by atoms with E-state index in [9.17, 15) is 9.59 Å². The molecule has 0 aliphatic carbocycles. The molecule has 1 rings (SSSR count). The van der Waals surface area contributed by atoms with Gasteiger partial charge in [-0.1, -0.05) is 6.92 Å². The van der Waals surface area contributed by atoms with Crippen molar-refractivity contribution in [3.8, 4) is 0 Å². The van der Waals surface area contributed by atoms with Crippen molar-refractivity contribution in [2.24, 2.45) is 11.8 Å². The molecule has 0 saturated carbocycles. The summed E-state index contributed by atoms with van der Waals surface area (Å²) < 4.78 is 4.93. The Hall–Kier alpha value is -1.30. The first-order valence-electron chi connectivity index (χ1n) is 6.19. The van der Waals surface area contributed by atoms with Crippen LogP contribution in [0.5, 0.6) is 0 Å². The number of nitrogens with zero attached hydrogens (tertiary/aromatic N) is 2. The Bertz CT molecular complexity index is 308. The van der Waals surface area contributed by atoms with Crippen LogP contribution in [0.3, 0.4) is 0 Å². The molecule has 0 radical (unpaired) electrons. The van der Waals surface area contributed by atoms with Gasteiger partial charge in [0.2, 0.25) is 0 Å². The molecule has 2 atom stereocenters. The molecule has 2 unspecified atom stereocenters. The predicted octanol–water partition coefficient (Wildman–Crippen LogP) is 0.727. The largest absolute Gasteiger partial charge is 0.481 e. The van der Waals surface area contributed by atoms with Gasteiger partial charge in [0, 0.05) is 40.4 Å². The molecule has 6 heteroatoms. The first-order valence-corrected chi connectivity index (χ1v) is 6.19. The van der Waals surface area contributed by atoms with Crippen LogP contribution < -0.4 is 0 Å². The number of hydrogen-bond donors (Lipinski definition) is 1. The minimum Gasteiger partial charge on any atom is -0.481 e. The zero-order valence-corrected chi connectivity index (χ0v) is 11.3. The van der Waals surface area contributed by atoms with Gasteiger partial charge in [-0.3, -0.25) is 4.79 Å². The number of carboxylic acids is 1. The summed E-state index contributed by atoms with van der Waals surface area (Å²) in [5, 5.41) is 9.03. The average molecular weight is 258 g/mol. The molecular formula is C12H22N2O4. The van der Waals surface area contributed by atoms with E-state index in [-0.39, 0.29) is 11.9 Å². The topological polar surface area (TPSA) is 70.1 Å². The lowest BCUT2D eigenvalue weighted by atomic mass is 9.99. The van der Waals surface area contributed by atoms with Crippen molar-refractivity contribution < 1.29 is 19.4 Å². The molecule has 0 aromatic carbocycles. The van der Waals surface area contributed by atoms with Gasteiger partial charge < -0.3 is 19.6 Å². The summed E-state index contributed by atoms with van der Waals surface area (Å²) in [5.41, 5.74) is 0. The molecule has 104 valence electrons. The molecule has 0 aromatic rings. The molecule has 1 N–H and O–H groups in total. The number of hydrogen-bond acceptors (Lipinski definition) is 3. The quantitative estimate of drug-likeness (QED) is 0.738. The van der Waals surface area contributed by atoms with E-state index in [4.69, 9.17) is 9.84 Å². The highest BCUT2D eigenvalue weighted by molar-refractivity contribution is 5.77. The highest BCUT2D eigenvalue weighted by Crippen LogP contribution is 2.23. The Balaban J connectivity index is 2.45. The fraction of sp³-hybridized carbons (Fsp3) is 0.833. The molecular weight excluding hydrogens is 236 g/mol. The van der Waals surface area contributed by atoms with Crippen LogP contribution >= 0.6 is 0 Å². The van der Waals surface area contributed by atoms with Gasteiger partial charge >= 0.3 is 12.0 Å². The number of ether oxygens (including phenoxy) is 1. The van der Waals surface area contributed by atoms with Gasteiger partial charge in [-0.05, 0) is 12.3 Å². The first kappa shape index (κ1) is 14.8. The van der Waals surface area contributed by atoms with Gasteiger partial charge in [-0.2, -0.15) is 0 Å². The fourth-order valence-electron chi connectivity index (χ4n) is 2.23. The van der Waals surface area contributed by atoms with E-state index in [0.29, 0.717) is 26.2 Å². The second-order valence-electron chi connectivity index (χ2n) is 4.88. The summed E-state index contributed by atoms with van der Waals surface area (Å²) in [6.45, 7) is 3.94. The standard InChI is InChI=1S/C12H22N2O4/c1-9-7-14(8-10(9)11(15)16)12(17)13(2)5-4-6-18-3/h9-10H,4-8H2,1-3H3,(H,15,16). The number of carbonyl (C=O) groups is 2. The second kappa shape index (κ2) is 6.58. The molecule has 1 aliphatic rings. The van der Waals surface area contributed by atoms with Crippen molar-refractivity contribution in [2.75, 3.05) is 40.4 Å². The van der Waals surface area contributed by atoms with Crippen molar-refractivity contribution in [2.45, 2.75) is 13.3 Å². The molecule has 6 nitrogen and oxygen atoms in total. The molecule has 0 aromatic heterocycles. The number of carbonyl (C=O) groups excluding carboxylic acids is 1. The highest BCUT2D eigenvalue weighted by Gasteiger charge is 2.37. The summed E-state index contributed by atoms with van der Waals surface area (Å²) in [4.78, 5) is 26.3. The minimum absolute atomic E-state index is 0.0128. The number of amides is 2. The summed E-state index contributed by atoms with van der Waals surface area (Å²) in [6.07, 6.45) is 0.782. The fourth-order valence-corrected chi connectivity index (χ4v) is 2.23. The summed E-state index contributed by atoms with van der Waals surface area (Å²) in [6, 6.07) is -0.0956. The summed E-state index contributed by atoms with van der Waals surface area (Å²) in [5.74, 6) is -1.25. The lowest BCUT2D eigenvalue weighted by molar-refractivity contribution is -0.142. The SMILES string of the molecule is COCCCN(C)C(=O)N1CC(C)C(C(=O)O)C1. The third kappa shape index (κ3) is 3.60. The number of aliphatic carboxylic acids is 1. The van der Waals surface area contributed by atoms with Gasteiger partial charge in [0.15, 0.2) is 0 Å². The van der Waals surface area contributed by atoms with Crippen molar-refractivity contribution in [1.82, 2.24) is 9.80 Å². The monoisotopic (exact) mass is 258 g/mol. The number of carboxylic acid groups (broad SMARTS) is 1. The molecule has 0 spiro atoms. The third-order valence-electron chi connectivity index (χ3n) is 3.37. The van der Waals surface area contributed by atoms with Crippen LogP contribution in [0.2, 0.25) is 0 Å². The Morgan fingerprint density at radius 1 is 1.44 bits per heavy atom. The van der Waals surface area contributed by atoms with Gasteiger partial charge in [0.1, 0.15) is 0 Å². The maximum absolute atomic E-state index is 12.1. The van der Waals surface area contributed by atoms with Crippen LogP contribution in [0.4, 0.5) is 4.79 Å². The van der Waals surface area contributed by atoms with Crippen LogP contribution in [-0.2, 0) is 9.53 Å². The van der Waals surface area contributed by atoms with Crippen molar-refractivity contribution in [3.63, 3.8) is 0 Å². The first-order chi connectivity index (χ1) is 8.47. The molecule has 18 heavy (non-hydrogen) atoms. The minimum atomic E-state index is -0.820. The van der Waals surface area contributed by atoms with Crippen LogP contribution in [-0.4, -0.2) is 67.3 Å². The van der Waals surface area contributed by atoms with Gasteiger partial charge in [-0.25, -0.2) is 4.79 Å². The summed E-state index contributed by atoms with van der Waals surface area (Å²) in [7, 11) is 3.36. The lowest BCUT2D eigenvalue weighted by Crippen LogP contribution is -2.41. The van der Waals surface area contributed by atoms with Crippen LogP contribution in [0, 0.1) is 11.8 Å². The smallest absolute Gasteiger partial charge is 0.319 e. The summed E-state index contributed by atoms with van der Waals surface area (Å²) >= 11 is 0. The van der Waals surface area contributed by atoms with Gasteiger partial charge in [-0.15, -0.1) is 0 Å². The van der Waals surface area contributed by atoms with Crippen LogP contribution in [0.25, 0.3) is 0 Å². The third-order valence-corrected chi connectivity index (χ3v) is 3.37. The Kier molecular flexibility index (Phi) is 5.40.